The molecule has 0 aliphatic rings. The first kappa shape index (κ1) is 18.9. The van der Waals surface area contributed by atoms with Crippen molar-refractivity contribution in [2.75, 3.05) is 0 Å². The summed E-state index contributed by atoms with van der Waals surface area (Å²) in [6, 6.07) is 26.2. The predicted octanol–water partition coefficient (Wildman–Crippen LogP) is 0.800. The minimum atomic E-state index is -1.53. The van der Waals surface area contributed by atoms with Crippen LogP contribution in [0.25, 0.3) is 16.7 Å². The number of fused-ring (bicyclic) bond motifs is 1. The van der Waals surface area contributed by atoms with E-state index in [9.17, 15) is 5.11 Å². The molecule has 0 bridgehead atoms. The first-order chi connectivity index (χ1) is 12.7. The van der Waals surface area contributed by atoms with Gasteiger partial charge in [-0.05, 0) is 29.0 Å². The molecule has 0 aliphatic heterocycles. The third-order valence-electron chi connectivity index (χ3n) is 4.43. The number of hydrogen-bond donors (Lipinski definition) is 1. The van der Waals surface area contributed by atoms with Gasteiger partial charge in [0.15, 0.2) is 0 Å². The third kappa shape index (κ3) is 3.17. The van der Waals surface area contributed by atoms with E-state index in [0.29, 0.717) is 22.3 Å². The molecule has 4 nitrogen and oxygen atoms in total. The molecule has 4 aromatic rings. The Bertz CT molecular complexity index is 1060. The normalized spacial score (nSPS) is 10.9. The molecule has 0 saturated carbocycles. The van der Waals surface area contributed by atoms with Crippen molar-refractivity contribution in [2.24, 2.45) is 0 Å². The van der Waals surface area contributed by atoms with Crippen LogP contribution in [0.15, 0.2) is 90.7 Å². The number of benzene rings is 3. The SMILES string of the molecule is [CH-]=C=C(n1nnc2ccccc21)C(O)(c1ccccc1)c1ccccc1.[Li+]. The Balaban J connectivity index is 0.00000210. The van der Waals surface area contributed by atoms with Crippen molar-refractivity contribution in [1.29, 1.82) is 0 Å². The van der Waals surface area contributed by atoms with Crippen LogP contribution in [-0.2, 0) is 5.60 Å². The van der Waals surface area contributed by atoms with Gasteiger partial charge in [0, 0.05) is 0 Å². The van der Waals surface area contributed by atoms with Crippen LogP contribution >= 0.6 is 0 Å². The number of hydrogen-bond acceptors (Lipinski definition) is 3. The molecule has 0 saturated heterocycles. The summed E-state index contributed by atoms with van der Waals surface area (Å²) in [5, 5.41) is 20.3. The minimum absolute atomic E-state index is 0. The third-order valence-corrected chi connectivity index (χ3v) is 4.43. The van der Waals surface area contributed by atoms with Gasteiger partial charge in [-0.15, -0.1) is 5.10 Å². The molecule has 0 atom stereocenters. The summed E-state index contributed by atoms with van der Waals surface area (Å²) < 4.78 is 1.54. The first-order valence-corrected chi connectivity index (χ1v) is 8.23. The van der Waals surface area contributed by atoms with E-state index in [4.69, 9.17) is 6.58 Å². The molecule has 0 spiro atoms. The van der Waals surface area contributed by atoms with Crippen molar-refractivity contribution >= 4 is 16.7 Å². The molecule has 1 aromatic heterocycles. The van der Waals surface area contributed by atoms with Gasteiger partial charge in [0.1, 0.15) is 5.52 Å². The molecule has 1 N–H and O–H groups in total. The summed E-state index contributed by atoms with van der Waals surface area (Å²) in [6.45, 7) is 5.88. The van der Waals surface area contributed by atoms with E-state index in [0.717, 1.165) is 5.52 Å². The van der Waals surface area contributed by atoms with Gasteiger partial charge < -0.3 is 10.8 Å². The second kappa shape index (κ2) is 7.80. The summed E-state index contributed by atoms with van der Waals surface area (Å²) in [6.07, 6.45) is 0. The standard InChI is InChI=1S/C22H16N3O.Li/c1-2-21(25-20-16-10-9-15-19(20)23-24-25)22(26,17-11-5-3-6-12-17)18-13-7-4-8-14-18;/h1,3-16,26H;/q-1;+1. The van der Waals surface area contributed by atoms with Gasteiger partial charge in [-0.25, -0.2) is 6.58 Å². The van der Waals surface area contributed by atoms with Crippen molar-refractivity contribution in [2.45, 2.75) is 5.60 Å². The van der Waals surface area contributed by atoms with Crippen LogP contribution in [-0.4, -0.2) is 20.1 Å². The number of aliphatic hydroxyl groups is 1. The van der Waals surface area contributed by atoms with Gasteiger partial charge in [-0.3, -0.25) is 4.68 Å². The first-order valence-electron chi connectivity index (χ1n) is 8.23. The van der Waals surface area contributed by atoms with Crippen LogP contribution < -0.4 is 18.9 Å². The summed E-state index contributed by atoms with van der Waals surface area (Å²) in [5.74, 6) is 0. The maximum absolute atomic E-state index is 11.9. The van der Waals surface area contributed by atoms with E-state index in [2.05, 4.69) is 16.0 Å². The fourth-order valence-corrected chi connectivity index (χ4v) is 3.15. The van der Waals surface area contributed by atoms with Gasteiger partial charge in [0.25, 0.3) is 0 Å². The average molecular weight is 345 g/mol. The Morgan fingerprint density at radius 2 is 1.37 bits per heavy atom. The molecule has 5 heteroatoms. The van der Waals surface area contributed by atoms with E-state index < -0.39 is 5.60 Å². The zero-order valence-electron chi connectivity index (χ0n) is 14.9. The molecule has 126 valence electrons. The van der Waals surface area contributed by atoms with E-state index in [1.54, 1.807) is 0 Å². The van der Waals surface area contributed by atoms with Gasteiger partial charge in [0.2, 0.25) is 0 Å². The number of aromatic nitrogens is 3. The van der Waals surface area contributed by atoms with Crippen molar-refractivity contribution in [3.8, 4) is 0 Å². The zero-order valence-corrected chi connectivity index (χ0v) is 14.9. The van der Waals surface area contributed by atoms with Gasteiger partial charge in [0.05, 0.1) is 11.1 Å². The molecular weight excluding hydrogens is 329 g/mol. The quantitative estimate of drug-likeness (QED) is 0.338. The smallest absolute Gasteiger partial charge is 0.392 e. The molecule has 0 aliphatic carbocycles. The number of para-hydroxylation sites is 1. The topological polar surface area (TPSA) is 50.9 Å². The molecule has 3 aromatic carbocycles. The van der Waals surface area contributed by atoms with E-state index in [1.165, 1.54) is 4.68 Å². The molecule has 0 radical (unpaired) electrons. The Kier molecular flexibility index (Phi) is 5.46. The maximum atomic E-state index is 11.9. The van der Waals surface area contributed by atoms with Crippen molar-refractivity contribution < 1.29 is 24.0 Å². The van der Waals surface area contributed by atoms with Crippen LogP contribution in [0.1, 0.15) is 11.1 Å². The minimum Gasteiger partial charge on any atom is -0.392 e. The van der Waals surface area contributed by atoms with Crippen molar-refractivity contribution in [3.05, 3.63) is 108 Å². The van der Waals surface area contributed by atoms with Gasteiger partial charge in [-0.2, -0.15) is 0 Å². The van der Waals surface area contributed by atoms with Crippen LogP contribution in [0.4, 0.5) is 0 Å². The van der Waals surface area contributed by atoms with E-state index >= 15 is 0 Å². The van der Waals surface area contributed by atoms with Crippen LogP contribution in [0.2, 0.25) is 0 Å². The second-order valence-electron chi connectivity index (χ2n) is 5.93. The Labute approximate surface area is 169 Å². The Morgan fingerprint density at radius 1 is 0.852 bits per heavy atom. The number of rotatable bonds is 4. The summed E-state index contributed by atoms with van der Waals surface area (Å²) in [5.41, 5.74) is 4.21. The second-order valence-corrected chi connectivity index (χ2v) is 5.93. The predicted molar refractivity (Wildman–Crippen MR) is 101 cm³/mol. The van der Waals surface area contributed by atoms with Crippen molar-refractivity contribution in [1.82, 2.24) is 15.0 Å². The largest absolute Gasteiger partial charge is 1.00 e. The molecular formula is C22H16LiN3O. The number of nitrogens with zero attached hydrogens (tertiary/aromatic N) is 3. The molecule has 0 unspecified atom stereocenters. The molecule has 0 amide bonds. The maximum Gasteiger partial charge on any atom is 1.00 e. The zero-order chi connectivity index (χ0) is 18.0. The summed E-state index contributed by atoms with van der Waals surface area (Å²) in [7, 11) is 0. The molecule has 0 fully saturated rings. The van der Waals surface area contributed by atoms with Gasteiger partial charge in [-0.1, -0.05) is 78.0 Å². The average Bonchev–Trinajstić information content (AvgIpc) is 3.14. The van der Waals surface area contributed by atoms with Crippen LogP contribution in [0.5, 0.6) is 0 Å². The summed E-state index contributed by atoms with van der Waals surface area (Å²) in [4.78, 5) is 0. The molecule has 4 rings (SSSR count). The molecule has 27 heavy (non-hydrogen) atoms. The molecule has 1 heterocycles. The Hall–Kier alpha value is -2.86. The fraction of sp³-hybridized carbons (Fsp3) is 0.0455. The monoisotopic (exact) mass is 345 g/mol. The van der Waals surface area contributed by atoms with Crippen molar-refractivity contribution in [3.63, 3.8) is 0 Å². The van der Waals surface area contributed by atoms with E-state index in [1.807, 2.05) is 84.9 Å². The Morgan fingerprint density at radius 3 is 1.93 bits per heavy atom. The van der Waals surface area contributed by atoms with E-state index in [-0.39, 0.29) is 18.9 Å². The van der Waals surface area contributed by atoms with Gasteiger partial charge >= 0.3 is 18.9 Å². The summed E-state index contributed by atoms with van der Waals surface area (Å²) >= 11 is 0. The van der Waals surface area contributed by atoms with Crippen LogP contribution in [0.3, 0.4) is 0 Å². The fourth-order valence-electron chi connectivity index (χ4n) is 3.15. The van der Waals surface area contributed by atoms with Crippen LogP contribution in [0, 0.1) is 6.58 Å².